The van der Waals surface area contributed by atoms with Gasteiger partial charge in [-0.3, -0.25) is 9.78 Å². The van der Waals surface area contributed by atoms with E-state index in [1.165, 1.54) is 24.3 Å². The molecule has 1 saturated carbocycles. The molecule has 3 rings (SSSR count). The Morgan fingerprint density at radius 3 is 2.23 bits per heavy atom. The molecule has 2 aromatic rings. The molecule has 162 valence electrons. The molecule has 1 aliphatic carbocycles. The summed E-state index contributed by atoms with van der Waals surface area (Å²) in [6.45, 7) is 3.15. The normalized spacial score (nSPS) is 21.7. The van der Waals surface area contributed by atoms with Crippen molar-refractivity contribution in [2.24, 2.45) is 0 Å². The summed E-state index contributed by atoms with van der Waals surface area (Å²) in [7, 11) is 0. The number of pyridine rings is 1. The Bertz CT molecular complexity index is 843. The molecular weight excluding hydrogens is 393 g/mol. The van der Waals surface area contributed by atoms with Crippen LogP contribution in [0.2, 0.25) is 0 Å². The Balaban J connectivity index is 1.68. The van der Waals surface area contributed by atoms with Crippen LogP contribution >= 0.6 is 0 Å². The van der Waals surface area contributed by atoms with Crippen molar-refractivity contribution in [1.82, 2.24) is 9.88 Å². The van der Waals surface area contributed by atoms with E-state index in [9.17, 15) is 23.1 Å². The molecule has 30 heavy (non-hydrogen) atoms. The maximum atomic E-state index is 13.0. The third kappa shape index (κ3) is 4.51. The number of aromatic nitrogens is 1. The van der Waals surface area contributed by atoms with Gasteiger partial charge in [0.05, 0.1) is 0 Å². The number of amides is 1. The van der Waals surface area contributed by atoms with Crippen LogP contribution in [0.4, 0.5) is 13.2 Å². The molecule has 1 aromatic heterocycles. The summed E-state index contributed by atoms with van der Waals surface area (Å²) in [4.78, 5) is 19.2. The van der Waals surface area contributed by atoms with Crippen molar-refractivity contribution < 1.29 is 23.1 Å². The standard InChI is InChI=1S/C23H27F3N2O2/c1-3-28(19-13-9-16(10-14-19)20-6-4-5-15-27-20)21(29)17-7-11-18(12-8-17)22(2,30)23(24,25)26/h4-8,11-12,15-16,19,30H,3,9-10,13-14H2,1-2H3/t16-,19-,22-/m0/s1. The molecule has 1 aromatic carbocycles. The van der Waals surface area contributed by atoms with Crippen LogP contribution in [0.1, 0.15) is 67.1 Å². The highest BCUT2D eigenvalue weighted by atomic mass is 19.4. The highest BCUT2D eigenvalue weighted by molar-refractivity contribution is 5.94. The van der Waals surface area contributed by atoms with Crippen LogP contribution in [0.3, 0.4) is 0 Å². The number of hydrogen-bond donors (Lipinski definition) is 1. The maximum Gasteiger partial charge on any atom is 0.421 e. The number of aliphatic hydroxyl groups is 1. The van der Waals surface area contributed by atoms with Crippen LogP contribution in [0, 0.1) is 0 Å². The highest BCUT2D eigenvalue weighted by Gasteiger charge is 2.51. The highest BCUT2D eigenvalue weighted by Crippen LogP contribution is 2.38. The number of benzene rings is 1. The summed E-state index contributed by atoms with van der Waals surface area (Å²) < 4.78 is 39.1. The van der Waals surface area contributed by atoms with E-state index in [-0.39, 0.29) is 17.5 Å². The fraction of sp³-hybridized carbons (Fsp3) is 0.478. The van der Waals surface area contributed by atoms with Crippen LogP contribution < -0.4 is 0 Å². The van der Waals surface area contributed by atoms with Gasteiger partial charge in [-0.1, -0.05) is 18.2 Å². The average molecular weight is 420 g/mol. The summed E-state index contributed by atoms with van der Waals surface area (Å²) >= 11 is 0. The summed E-state index contributed by atoms with van der Waals surface area (Å²) in [5, 5.41) is 9.80. The molecule has 0 radical (unpaired) electrons. The van der Waals surface area contributed by atoms with Crippen molar-refractivity contribution in [1.29, 1.82) is 0 Å². The van der Waals surface area contributed by atoms with Crippen LogP contribution in [0.25, 0.3) is 0 Å². The van der Waals surface area contributed by atoms with Crippen molar-refractivity contribution in [3.63, 3.8) is 0 Å². The third-order valence-corrected chi connectivity index (χ3v) is 6.09. The van der Waals surface area contributed by atoms with E-state index in [1.54, 1.807) is 11.1 Å². The van der Waals surface area contributed by atoms with Gasteiger partial charge in [-0.05, 0) is 69.4 Å². The Hall–Kier alpha value is -2.41. The Morgan fingerprint density at radius 2 is 1.73 bits per heavy atom. The fourth-order valence-corrected chi connectivity index (χ4v) is 4.14. The number of hydrogen-bond acceptors (Lipinski definition) is 3. The lowest BCUT2D eigenvalue weighted by atomic mass is 9.83. The van der Waals surface area contributed by atoms with E-state index in [0.717, 1.165) is 31.4 Å². The van der Waals surface area contributed by atoms with Crippen molar-refractivity contribution in [2.75, 3.05) is 6.54 Å². The molecule has 1 heterocycles. The van der Waals surface area contributed by atoms with Crippen molar-refractivity contribution in [2.45, 2.75) is 63.3 Å². The average Bonchev–Trinajstić information content (AvgIpc) is 2.74. The van der Waals surface area contributed by atoms with E-state index in [2.05, 4.69) is 4.98 Å². The minimum Gasteiger partial charge on any atom is -0.376 e. The van der Waals surface area contributed by atoms with E-state index in [1.807, 2.05) is 25.1 Å². The molecule has 4 nitrogen and oxygen atoms in total. The zero-order valence-electron chi connectivity index (χ0n) is 17.2. The van der Waals surface area contributed by atoms with E-state index >= 15 is 0 Å². The summed E-state index contributed by atoms with van der Waals surface area (Å²) in [5.74, 6) is 0.192. The minimum absolute atomic E-state index is 0.0976. The number of carbonyl (C=O) groups is 1. The van der Waals surface area contributed by atoms with Gasteiger partial charge in [0.15, 0.2) is 5.60 Å². The van der Waals surface area contributed by atoms with Crippen LogP contribution in [0.15, 0.2) is 48.7 Å². The van der Waals surface area contributed by atoms with Crippen LogP contribution in [-0.4, -0.2) is 39.7 Å². The number of alkyl halides is 3. The van der Waals surface area contributed by atoms with Gasteiger partial charge in [-0.2, -0.15) is 13.2 Å². The van der Waals surface area contributed by atoms with Gasteiger partial charge in [-0.15, -0.1) is 0 Å². The molecule has 0 unspecified atom stereocenters. The zero-order chi connectivity index (χ0) is 21.9. The van der Waals surface area contributed by atoms with Crippen LogP contribution in [-0.2, 0) is 5.60 Å². The molecule has 1 atom stereocenters. The van der Waals surface area contributed by atoms with Gasteiger partial charge in [0.1, 0.15) is 0 Å². The molecule has 1 amide bonds. The molecule has 7 heteroatoms. The second-order valence-corrected chi connectivity index (χ2v) is 8.00. The lowest BCUT2D eigenvalue weighted by molar-refractivity contribution is -0.258. The molecule has 0 aliphatic heterocycles. The summed E-state index contributed by atoms with van der Waals surface area (Å²) in [6, 6.07) is 11.1. The third-order valence-electron chi connectivity index (χ3n) is 6.09. The smallest absolute Gasteiger partial charge is 0.376 e. The van der Waals surface area contributed by atoms with Crippen molar-refractivity contribution in [3.05, 3.63) is 65.5 Å². The summed E-state index contributed by atoms with van der Waals surface area (Å²) in [6.07, 6.45) is 0.615. The first kappa shape index (κ1) is 22.3. The fourth-order valence-electron chi connectivity index (χ4n) is 4.14. The topological polar surface area (TPSA) is 53.4 Å². The Kier molecular flexibility index (Phi) is 6.50. The quantitative estimate of drug-likeness (QED) is 0.737. The number of rotatable bonds is 5. The van der Waals surface area contributed by atoms with Gasteiger partial charge in [-0.25, -0.2) is 0 Å². The lowest BCUT2D eigenvalue weighted by Gasteiger charge is -2.36. The predicted molar refractivity (Wildman–Crippen MR) is 108 cm³/mol. The van der Waals surface area contributed by atoms with E-state index in [4.69, 9.17) is 0 Å². The first-order valence-corrected chi connectivity index (χ1v) is 10.3. The number of carbonyl (C=O) groups excluding carboxylic acids is 1. The van der Waals surface area contributed by atoms with Gasteiger partial charge >= 0.3 is 6.18 Å². The molecule has 0 spiro atoms. The predicted octanol–water partition coefficient (Wildman–Crippen LogP) is 5.04. The minimum atomic E-state index is -4.79. The first-order chi connectivity index (χ1) is 14.1. The lowest BCUT2D eigenvalue weighted by Crippen LogP contribution is -2.42. The first-order valence-electron chi connectivity index (χ1n) is 10.3. The largest absolute Gasteiger partial charge is 0.421 e. The van der Waals surface area contributed by atoms with Crippen molar-refractivity contribution in [3.8, 4) is 0 Å². The monoisotopic (exact) mass is 420 g/mol. The summed E-state index contributed by atoms with van der Waals surface area (Å²) in [5.41, 5.74) is -1.84. The molecule has 1 N–H and O–H groups in total. The second-order valence-electron chi connectivity index (χ2n) is 8.00. The van der Waals surface area contributed by atoms with E-state index in [0.29, 0.717) is 24.9 Å². The number of nitrogens with zero attached hydrogens (tertiary/aromatic N) is 2. The van der Waals surface area contributed by atoms with Gasteiger partial charge in [0, 0.05) is 36.0 Å². The van der Waals surface area contributed by atoms with Gasteiger partial charge < -0.3 is 10.0 Å². The van der Waals surface area contributed by atoms with Crippen molar-refractivity contribution >= 4 is 5.91 Å². The molecule has 0 bridgehead atoms. The SMILES string of the molecule is CCN(C(=O)c1ccc([C@](C)(O)C(F)(F)F)cc1)[C@H]1CC[C@H](c2ccccn2)CC1. The van der Waals surface area contributed by atoms with Gasteiger partial charge in [0.25, 0.3) is 5.91 Å². The van der Waals surface area contributed by atoms with E-state index < -0.39 is 11.8 Å². The van der Waals surface area contributed by atoms with Crippen LogP contribution in [0.5, 0.6) is 0 Å². The number of halogens is 3. The molecular formula is C23H27F3N2O2. The zero-order valence-corrected chi connectivity index (χ0v) is 17.2. The Morgan fingerprint density at radius 1 is 1.10 bits per heavy atom. The second kappa shape index (κ2) is 8.76. The Labute approximate surface area is 174 Å². The molecule has 0 saturated heterocycles. The molecule has 1 aliphatic rings. The van der Waals surface area contributed by atoms with Gasteiger partial charge in [0.2, 0.25) is 0 Å². The molecule has 1 fully saturated rings. The maximum absolute atomic E-state index is 13.0.